The number of halogens is 1. The third kappa shape index (κ3) is 4.49. The van der Waals surface area contributed by atoms with Crippen molar-refractivity contribution in [3.05, 3.63) is 51.6 Å². The highest BCUT2D eigenvalue weighted by Gasteiger charge is 2.12. The quantitative estimate of drug-likeness (QED) is 0.685. The molecule has 0 aliphatic carbocycles. The Morgan fingerprint density at radius 1 is 1.25 bits per heavy atom. The lowest BCUT2D eigenvalue weighted by Gasteiger charge is -2.20. The van der Waals surface area contributed by atoms with Gasteiger partial charge in [0.05, 0.1) is 40.4 Å². The number of thiophene rings is 1. The smallest absolute Gasteiger partial charge is 0.261 e. The second-order valence-corrected chi connectivity index (χ2v) is 7.98. The Morgan fingerprint density at radius 2 is 2.18 bits per heavy atom. The zero-order chi connectivity index (χ0) is 19.3. The summed E-state index contributed by atoms with van der Waals surface area (Å²) in [4.78, 5) is 19.4. The number of hydrogen-bond donors (Lipinski definition) is 1. The molecule has 0 aromatic carbocycles. The van der Waals surface area contributed by atoms with Gasteiger partial charge in [0, 0.05) is 19.7 Å². The van der Waals surface area contributed by atoms with Gasteiger partial charge in [0.15, 0.2) is 0 Å². The third-order valence-electron chi connectivity index (χ3n) is 4.31. The van der Waals surface area contributed by atoms with Gasteiger partial charge in [-0.1, -0.05) is 16.8 Å². The van der Waals surface area contributed by atoms with Crippen LogP contribution in [0.25, 0.3) is 5.69 Å². The maximum Gasteiger partial charge on any atom is 0.261 e. The zero-order valence-electron chi connectivity index (χ0n) is 15.0. The van der Waals surface area contributed by atoms with Crippen LogP contribution in [0.4, 0.5) is 5.82 Å². The fourth-order valence-corrected chi connectivity index (χ4v) is 3.84. The van der Waals surface area contributed by atoms with Crippen LogP contribution in [0.15, 0.2) is 36.7 Å². The lowest BCUT2D eigenvalue weighted by molar-refractivity contribution is 0.0954. The Bertz CT molecular complexity index is 934. The standard InChI is InChI=1S/C18H19ClN6O2S/c19-16-4-3-15(28-16)18(26)21-10-13-12-25(23-22-13)14-2-5-17(20-11-14)24-6-1-8-27-9-7-24/h2-5,11-12H,1,6-10H2,(H,21,26). The second-order valence-electron chi connectivity index (χ2n) is 6.27. The minimum atomic E-state index is -0.182. The Hall–Kier alpha value is -2.49. The minimum Gasteiger partial charge on any atom is -0.380 e. The molecule has 0 bridgehead atoms. The van der Waals surface area contributed by atoms with Crippen molar-refractivity contribution in [2.45, 2.75) is 13.0 Å². The maximum absolute atomic E-state index is 12.1. The average molecular weight is 419 g/mol. The van der Waals surface area contributed by atoms with Gasteiger partial charge in [-0.05, 0) is 30.7 Å². The monoisotopic (exact) mass is 418 g/mol. The summed E-state index contributed by atoms with van der Waals surface area (Å²) >= 11 is 7.10. The summed E-state index contributed by atoms with van der Waals surface area (Å²) < 4.78 is 7.71. The van der Waals surface area contributed by atoms with Crippen molar-refractivity contribution >= 4 is 34.7 Å². The van der Waals surface area contributed by atoms with E-state index in [0.29, 0.717) is 14.9 Å². The van der Waals surface area contributed by atoms with Gasteiger partial charge in [-0.2, -0.15) is 0 Å². The predicted molar refractivity (Wildman–Crippen MR) is 107 cm³/mol. The van der Waals surface area contributed by atoms with Crippen LogP contribution in [0, 0.1) is 0 Å². The number of pyridine rings is 1. The van der Waals surface area contributed by atoms with Gasteiger partial charge in [-0.25, -0.2) is 9.67 Å². The van der Waals surface area contributed by atoms with E-state index in [9.17, 15) is 4.79 Å². The molecule has 0 radical (unpaired) electrons. The van der Waals surface area contributed by atoms with E-state index in [1.54, 1.807) is 29.2 Å². The van der Waals surface area contributed by atoms with Crippen LogP contribution in [0.2, 0.25) is 4.34 Å². The van der Waals surface area contributed by atoms with E-state index in [-0.39, 0.29) is 12.5 Å². The van der Waals surface area contributed by atoms with E-state index in [1.165, 1.54) is 11.3 Å². The van der Waals surface area contributed by atoms with Crippen LogP contribution in [0.5, 0.6) is 0 Å². The van der Waals surface area contributed by atoms with Gasteiger partial charge in [-0.3, -0.25) is 4.79 Å². The molecule has 28 heavy (non-hydrogen) atoms. The average Bonchev–Trinajstić information content (AvgIpc) is 3.28. The number of ether oxygens (including phenoxy) is 1. The summed E-state index contributed by atoms with van der Waals surface area (Å²) in [5.74, 6) is 0.746. The van der Waals surface area contributed by atoms with Crippen LogP contribution >= 0.6 is 22.9 Å². The first-order valence-corrected chi connectivity index (χ1v) is 10.1. The number of aromatic nitrogens is 4. The van der Waals surface area contributed by atoms with Crippen molar-refractivity contribution in [3.63, 3.8) is 0 Å². The minimum absolute atomic E-state index is 0.182. The second kappa shape index (κ2) is 8.68. The molecule has 146 valence electrons. The topological polar surface area (TPSA) is 85.2 Å². The van der Waals surface area contributed by atoms with Crippen LogP contribution < -0.4 is 10.2 Å². The SMILES string of the molecule is O=C(NCc1cn(-c2ccc(N3CCCOCC3)nc2)nn1)c1ccc(Cl)s1. The molecule has 0 atom stereocenters. The highest BCUT2D eigenvalue weighted by atomic mass is 35.5. The van der Waals surface area contributed by atoms with Crippen LogP contribution in [-0.2, 0) is 11.3 Å². The van der Waals surface area contributed by atoms with E-state index in [4.69, 9.17) is 16.3 Å². The lowest BCUT2D eigenvalue weighted by atomic mass is 10.3. The molecule has 0 spiro atoms. The van der Waals surface area contributed by atoms with Gasteiger partial charge in [-0.15, -0.1) is 16.4 Å². The van der Waals surface area contributed by atoms with Gasteiger partial charge < -0.3 is 15.0 Å². The predicted octanol–water partition coefficient (Wildman–Crippen LogP) is 2.53. The van der Waals surface area contributed by atoms with Crippen molar-refractivity contribution in [1.29, 1.82) is 0 Å². The van der Waals surface area contributed by atoms with E-state index in [2.05, 4.69) is 25.5 Å². The fraction of sp³-hybridized carbons (Fsp3) is 0.333. The summed E-state index contributed by atoms with van der Waals surface area (Å²) in [7, 11) is 0. The van der Waals surface area contributed by atoms with Gasteiger partial charge in [0.25, 0.3) is 5.91 Å². The molecule has 4 rings (SSSR count). The molecule has 1 aliphatic heterocycles. The Morgan fingerprint density at radius 3 is 2.96 bits per heavy atom. The lowest BCUT2D eigenvalue weighted by Crippen LogP contribution is -2.26. The van der Waals surface area contributed by atoms with Crippen molar-refractivity contribution in [3.8, 4) is 5.69 Å². The largest absolute Gasteiger partial charge is 0.380 e. The van der Waals surface area contributed by atoms with E-state index in [1.807, 2.05) is 12.1 Å². The van der Waals surface area contributed by atoms with E-state index >= 15 is 0 Å². The molecule has 10 heteroatoms. The molecule has 8 nitrogen and oxygen atoms in total. The number of carbonyl (C=O) groups excluding carboxylic acids is 1. The highest BCUT2D eigenvalue weighted by Crippen LogP contribution is 2.21. The first-order valence-electron chi connectivity index (χ1n) is 8.93. The first-order chi connectivity index (χ1) is 13.7. The summed E-state index contributed by atoms with van der Waals surface area (Å²) in [5.41, 5.74) is 1.47. The highest BCUT2D eigenvalue weighted by molar-refractivity contribution is 7.17. The van der Waals surface area contributed by atoms with Crippen molar-refractivity contribution < 1.29 is 9.53 Å². The molecule has 1 aliphatic rings. The number of rotatable bonds is 5. The number of amides is 1. The molecular weight excluding hydrogens is 400 g/mol. The van der Waals surface area contributed by atoms with Crippen LogP contribution in [0.1, 0.15) is 21.8 Å². The summed E-state index contributed by atoms with van der Waals surface area (Å²) in [6, 6.07) is 7.33. The van der Waals surface area contributed by atoms with Crippen molar-refractivity contribution in [2.75, 3.05) is 31.2 Å². The van der Waals surface area contributed by atoms with Crippen molar-refractivity contribution in [1.82, 2.24) is 25.3 Å². The van der Waals surface area contributed by atoms with Crippen LogP contribution in [0.3, 0.4) is 0 Å². The summed E-state index contributed by atoms with van der Waals surface area (Å²) in [5, 5.41) is 11.0. The summed E-state index contributed by atoms with van der Waals surface area (Å²) in [6.07, 6.45) is 4.54. The Kier molecular flexibility index (Phi) is 5.84. The van der Waals surface area contributed by atoms with Crippen molar-refractivity contribution in [2.24, 2.45) is 0 Å². The van der Waals surface area contributed by atoms with Gasteiger partial charge in [0.2, 0.25) is 0 Å². The summed E-state index contributed by atoms with van der Waals surface area (Å²) in [6.45, 7) is 3.59. The fourth-order valence-electron chi connectivity index (χ4n) is 2.88. The molecule has 0 unspecified atom stereocenters. The molecule has 1 amide bonds. The Balaban J connectivity index is 1.37. The number of nitrogens with zero attached hydrogens (tertiary/aromatic N) is 5. The Labute approximate surface area is 171 Å². The van der Waals surface area contributed by atoms with Gasteiger partial charge >= 0.3 is 0 Å². The number of anilines is 1. The molecular formula is C18H19ClN6O2S. The molecule has 1 saturated heterocycles. The molecule has 1 fully saturated rings. The third-order valence-corrected chi connectivity index (χ3v) is 5.54. The molecule has 4 heterocycles. The molecule has 3 aromatic rings. The molecule has 3 aromatic heterocycles. The normalized spacial score (nSPS) is 14.7. The first kappa shape index (κ1) is 18.9. The number of carbonyl (C=O) groups is 1. The molecule has 0 saturated carbocycles. The maximum atomic E-state index is 12.1. The van der Waals surface area contributed by atoms with E-state index in [0.717, 1.165) is 44.2 Å². The number of hydrogen-bond acceptors (Lipinski definition) is 7. The van der Waals surface area contributed by atoms with E-state index < -0.39 is 0 Å². The number of nitrogens with one attached hydrogen (secondary N) is 1. The molecule has 1 N–H and O–H groups in total. The zero-order valence-corrected chi connectivity index (χ0v) is 16.6. The van der Waals surface area contributed by atoms with Gasteiger partial charge in [0.1, 0.15) is 11.5 Å². The van der Waals surface area contributed by atoms with Crippen LogP contribution in [-0.4, -0.2) is 52.2 Å².